The summed E-state index contributed by atoms with van der Waals surface area (Å²) in [5.74, 6) is -18.0. The van der Waals surface area contributed by atoms with Gasteiger partial charge in [-0.05, 0) is 106 Å². The molecular formula is C86H122N22O21S. The molecule has 5 aromatic rings. The minimum absolute atomic E-state index is 0.0107. The Morgan fingerprint density at radius 2 is 1.10 bits per heavy atom. The summed E-state index contributed by atoms with van der Waals surface area (Å²) in [5, 5.41) is 79.9. The number of fused-ring (bicyclic) bond motifs is 4. The first-order chi connectivity index (χ1) is 62.0. The zero-order valence-electron chi connectivity index (χ0n) is 73.7. The molecule has 24 N–H and O–H groups in total. The molecule has 3 aromatic carbocycles. The number of carboxylic acid groups (broad SMARTS) is 1. The van der Waals surface area contributed by atoms with Gasteiger partial charge in [-0.2, -0.15) is 0 Å². The average Bonchev–Trinajstić information content (AvgIpc) is 1.21. The Morgan fingerprint density at radius 3 is 1.72 bits per heavy atom. The lowest BCUT2D eigenvalue weighted by Crippen LogP contribution is -2.61. The van der Waals surface area contributed by atoms with Gasteiger partial charge in [0.2, 0.25) is 94.5 Å². The Morgan fingerprint density at radius 1 is 0.554 bits per heavy atom. The quantitative estimate of drug-likeness (QED) is 0.0151. The molecule has 44 heteroatoms. The van der Waals surface area contributed by atoms with Crippen LogP contribution in [0.2, 0.25) is 0 Å². The number of carbonyl (C=O) groups excluding carboxylic acids is 16. The normalized spacial score (nSPS) is 24.6. The number of para-hydroxylation sites is 2. The lowest BCUT2D eigenvalue weighted by Gasteiger charge is -2.36. The number of carboxylic acids is 1. The van der Waals surface area contributed by atoms with Crippen molar-refractivity contribution in [2.75, 3.05) is 78.5 Å². The maximum atomic E-state index is 15.7. The predicted molar refractivity (Wildman–Crippen MR) is 476 cm³/mol. The summed E-state index contributed by atoms with van der Waals surface area (Å²) in [4.78, 5) is 258. The maximum Gasteiger partial charge on any atom is 0.303 e. The predicted octanol–water partition coefficient (Wildman–Crippen LogP) is -3.97. The molecule has 130 heavy (non-hydrogen) atoms. The number of unbranched alkanes of at least 4 members (excludes halogenated alkanes) is 2. The summed E-state index contributed by atoms with van der Waals surface area (Å²) >= 11 is 0.775. The number of rotatable bonds is 25. The van der Waals surface area contributed by atoms with Crippen molar-refractivity contribution < 1.29 is 102 Å². The lowest BCUT2D eigenvalue weighted by molar-refractivity contribution is -0.149. The summed E-state index contributed by atoms with van der Waals surface area (Å²) < 4.78 is 0. The molecule has 0 bridgehead atoms. The Kier molecular flexibility index (Phi) is 39.0. The fourth-order valence-electron chi connectivity index (χ4n) is 15.8. The number of aliphatic hydroxyl groups is 2. The molecule has 708 valence electrons. The van der Waals surface area contributed by atoms with Crippen LogP contribution in [-0.2, 0) is 101 Å². The number of phenolic OH excluding ortho intramolecular Hbond substituents is 1. The second-order valence-electron chi connectivity index (χ2n) is 32.6. The molecule has 43 nitrogen and oxygen atoms in total. The molecule has 0 saturated carbocycles. The van der Waals surface area contributed by atoms with Gasteiger partial charge in [0.1, 0.15) is 84.3 Å². The second kappa shape index (κ2) is 49.5. The largest absolute Gasteiger partial charge is 0.508 e. The molecule has 5 heterocycles. The molecule has 3 aliphatic heterocycles. The number of carbonyl (C=O) groups is 17. The van der Waals surface area contributed by atoms with E-state index < -0.39 is 248 Å². The van der Waals surface area contributed by atoms with Crippen molar-refractivity contribution in [3.05, 3.63) is 102 Å². The van der Waals surface area contributed by atoms with E-state index >= 15 is 28.8 Å². The van der Waals surface area contributed by atoms with Gasteiger partial charge in [0.25, 0.3) is 0 Å². The van der Waals surface area contributed by atoms with E-state index in [9.17, 15) is 73.2 Å². The highest BCUT2D eigenvalue weighted by molar-refractivity contribution is 8.00. The number of phenols is 1. The molecule has 0 aliphatic carbocycles. The number of nitrogens with two attached hydrogens (primary N) is 3. The van der Waals surface area contributed by atoms with Gasteiger partial charge in [-0.3, -0.25) is 86.9 Å². The molecule has 16 amide bonds. The van der Waals surface area contributed by atoms with Crippen LogP contribution in [0.1, 0.15) is 127 Å². The molecule has 3 aliphatic rings. The van der Waals surface area contributed by atoms with E-state index in [4.69, 9.17) is 22.6 Å². The van der Waals surface area contributed by atoms with Gasteiger partial charge < -0.3 is 131 Å². The minimum Gasteiger partial charge on any atom is -0.508 e. The summed E-state index contributed by atoms with van der Waals surface area (Å²) in [5.41, 5.74) is 19.6. The summed E-state index contributed by atoms with van der Waals surface area (Å²) in [6.07, 6.45) is 0.593. The smallest absolute Gasteiger partial charge is 0.303 e. The van der Waals surface area contributed by atoms with E-state index in [1.54, 1.807) is 60.9 Å². The van der Waals surface area contributed by atoms with Crippen molar-refractivity contribution in [2.45, 2.75) is 215 Å². The molecule has 3 fully saturated rings. The molecule has 0 unspecified atom stereocenters. The van der Waals surface area contributed by atoms with Crippen LogP contribution in [0.25, 0.3) is 21.8 Å². The zero-order chi connectivity index (χ0) is 95.2. The Balaban J connectivity index is 1.17. The van der Waals surface area contributed by atoms with Crippen molar-refractivity contribution in [1.29, 1.82) is 5.41 Å². The van der Waals surface area contributed by atoms with E-state index in [-0.39, 0.29) is 89.6 Å². The van der Waals surface area contributed by atoms with Crippen LogP contribution in [-0.4, -0.2) is 325 Å². The summed E-state index contributed by atoms with van der Waals surface area (Å²) in [6.45, 7) is 1.50. The number of guanidine groups is 1. The number of aromatic nitrogens is 2. The van der Waals surface area contributed by atoms with Crippen LogP contribution in [0.3, 0.4) is 0 Å². The van der Waals surface area contributed by atoms with Crippen LogP contribution in [0.15, 0.2) is 85.2 Å². The SMILES string of the molecule is CCCC[C@H]1C(=O)N(C)[C@@H](CCCC)C(=O)N[C@@H](CCCNC(=N)N)C(=O)N[C@H](C(=O)NCC(N)=O)CSCC(=O)N[C@@H](Cc2ccc(O)cc2)C(=O)N(C)[C@@H](C)C(=O)N[C@@H](CCN)C(=O)N2CCC[C@H]2C(=O)NCC(=O)N[C@@H](CCC(=O)O)C(=O)N2C[C@H](O)C[C@H]2C(=O)N[C@@H](Cc2c[nH]c3ccccc23)C(=O)N[C@@H](CO)C(=O)N[C@@H](Cc2c[nH]c3ccccc23)C(=O)N1C. The van der Waals surface area contributed by atoms with Gasteiger partial charge in [-0.25, -0.2) is 0 Å². The molecule has 0 spiro atoms. The minimum atomic E-state index is -1.91. The van der Waals surface area contributed by atoms with Crippen molar-refractivity contribution in [3.63, 3.8) is 0 Å². The summed E-state index contributed by atoms with van der Waals surface area (Å²) in [7, 11) is 3.92. The van der Waals surface area contributed by atoms with Gasteiger partial charge in [-0.15, -0.1) is 11.8 Å². The number of hydrogen-bond donors (Lipinski definition) is 21. The number of likely N-dealkylation sites (N-methyl/N-ethyl adjacent to an activating group) is 3. The average molecular weight is 1830 g/mol. The molecule has 3 saturated heterocycles. The fourth-order valence-corrected chi connectivity index (χ4v) is 16.7. The van der Waals surface area contributed by atoms with Crippen molar-refractivity contribution in [1.82, 2.24) is 93.0 Å². The molecule has 14 atom stereocenters. The zero-order valence-corrected chi connectivity index (χ0v) is 74.5. The van der Waals surface area contributed by atoms with E-state index in [2.05, 4.69) is 68.5 Å². The van der Waals surface area contributed by atoms with Crippen LogP contribution in [0.5, 0.6) is 5.75 Å². The number of nitrogens with one attached hydrogen (secondary N) is 14. The molecule has 2 aromatic heterocycles. The standard InChI is InChI=1S/C86H122N22O21S/c1-7-9-22-65-79(123)98-57(21-15-33-91-86(89)90)75(119)103-64(74(118)94-41-69(88)112)45-130-46-71(114)97-61(35-48-25-27-51(110)28-26-48)81(125)104(4)47(3)73(117)99-59(31-32-87)83(127)107-34-16-24-66(107)78(122)95-42-70(113)96-58(29-30-72(115)116)84(128)108-43-52(111)38-68(108)80(124)100-60(36-49-39-92-55-19-13-11-17-53(49)55)76(120)102-63(44-109)77(121)101-62(37-50-40-93-56-20-14-12-18-54(50)56)82(126)106(6)67(23-10-8-2)85(129)105(65)5/h11-14,17-20,25-28,39-40,47,52,57-68,92-93,109-111H,7-10,15-16,21-24,29-38,41-46,87H2,1-6H3,(H2,88,112)(H,94,118)(H,95,122)(H,96,113)(H,97,114)(H,98,123)(H,99,117)(H,100,124)(H,101,121)(H,102,120)(H,103,119)(H,115,116)(H4,89,90,91)/t47-,52+,57-,58-,59-,60-,61-,62-,63-,64-,65-,66-,67-,68-/m0/s1. The first kappa shape index (κ1) is 102. The number of H-pyrrole nitrogens is 2. The number of nitrogens with zero attached hydrogens (tertiary/aromatic N) is 5. The van der Waals surface area contributed by atoms with E-state index in [1.165, 1.54) is 52.3 Å². The highest BCUT2D eigenvalue weighted by Crippen LogP contribution is 2.27. The Bertz CT molecular complexity index is 4880. The third-order valence-corrected chi connectivity index (χ3v) is 24.2. The van der Waals surface area contributed by atoms with Gasteiger partial charge in [0.15, 0.2) is 5.96 Å². The maximum absolute atomic E-state index is 15.7. The number of aromatic hydroxyl groups is 1. The number of thioether (sulfide) groups is 1. The van der Waals surface area contributed by atoms with Gasteiger partial charge in [0, 0.05) is 113 Å². The van der Waals surface area contributed by atoms with Gasteiger partial charge in [-0.1, -0.05) is 88.1 Å². The molecule has 0 radical (unpaired) electrons. The highest BCUT2D eigenvalue weighted by Gasteiger charge is 2.46. The third-order valence-electron chi connectivity index (χ3n) is 23.1. The number of amides is 16. The van der Waals surface area contributed by atoms with E-state index in [0.29, 0.717) is 64.2 Å². The van der Waals surface area contributed by atoms with Crippen molar-refractivity contribution in [2.24, 2.45) is 17.2 Å². The van der Waals surface area contributed by atoms with Gasteiger partial charge >= 0.3 is 5.97 Å². The monoisotopic (exact) mass is 1830 g/mol. The van der Waals surface area contributed by atoms with Crippen LogP contribution < -0.4 is 75.7 Å². The first-order valence-corrected chi connectivity index (χ1v) is 44.5. The highest BCUT2D eigenvalue weighted by atomic mass is 32.2. The van der Waals surface area contributed by atoms with Crippen molar-refractivity contribution in [3.8, 4) is 5.75 Å². The number of aliphatic carboxylic acids is 1. The lowest BCUT2D eigenvalue weighted by atomic mass is 10.00. The second-order valence-corrected chi connectivity index (χ2v) is 33.7. The van der Waals surface area contributed by atoms with E-state index in [0.717, 1.165) is 36.3 Å². The molecular weight excluding hydrogens is 1710 g/mol. The van der Waals surface area contributed by atoms with E-state index in [1.807, 2.05) is 13.8 Å². The fraction of sp³-hybridized carbons (Fsp3) is 0.535. The Hall–Kier alpha value is -13.0. The Labute approximate surface area is 754 Å². The first-order valence-electron chi connectivity index (χ1n) is 43.4. The number of benzene rings is 3. The van der Waals surface area contributed by atoms with Crippen LogP contribution in [0, 0.1) is 5.41 Å². The number of aliphatic hydroxyl groups excluding tert-OH is 2. The topological polar surface area (TPSA) is 653 Å². The van der Waals surface area contributed by atoms with Crippen LogP contribution in [0.4, 0.5) is 0 Å². The summed E-state index contributed by atoms with van der Waals surface area (Å²) in [6, 6.07) is -0.552. The van der Waals surface area contributed by atoms with Gasteiger partial charge in [0.05, 0.1) is 31.6 Å². The molecule has 8 rings (SSSR count). The van der Waals surface area contributed by atoms with Crippen LogP contribution >= 0.6 is 11.8 Å². The number of aromatic amines is 2. The third kappa shape index (κ3) is 28.8. The number of hydrogen-bond acceptors (Lipinski definition) is 23. The van der Waals surface area contributed by atoms with Crippen molar-refractivity contribution >= 4 is 140 Å². The number of primary amides is 1.